The molecule has 0 saturated carbocycles. The molecule has 0 bridgehead atoms. The highest BCUT2D eigenvalue weighted by atomic mass is 32.2. The van der Waals surface area contributed by atoms with Gasteiger partial charge in [0.25, 0.3) is 10.1 Å². The van der Waals surface area contributed by atoms with Gasteiger partial charge in [-0.3, -0.25) is 9.35 Å². The van der Waals surface area contributed by atoms with Crippen LogP contribution in [-0.4, -0.2) is 36.8 Å². The molecule has 0 radical (unpaired) electrons. The lowest BCUT2D eigenvalue weighted by Gasteiger charge is -2.28. The fourth-order valence-corrected chi connectivity index (χ4v) is 3.13. The first-order chi connectivity index (χ1) is 13.5. The van der Waals surface area contributed by atoms with Crippen LogP contribution in [0.25, 0.3) is 10.8 Å². The van der Waals surface area contributed by atoms with Crippen LogP contribution < -0.4 is 5.32 Å². The van der Waals surface area contributed by atoms with Crippen molar-refractivity contribution in [1.29, 1.82) is 0 Å². The normalized spacial score (nSPS) is 11.6. The van der Waals surface area contributed by atoms with E-state index in [0.29, 0.717) is 6.26 Å². The SMILES string of the molecule is CCC(C)(C)c1c(NCCCCCC(=O)O)ccc2ccccc12.CS(=O)(=O)O. The second-order valence-electron chi connectivity index (χ2n) is 7.81. The van der Waals surface area contributed by atoms with Crippen LogP contribution in [0, 0.1) is 0 Å². The largest absolute Gasteiger partial charge is 0.481 e. The zero-order chi connectivity index (χ0) is 22.1. The third-order valence-corrected chi connectivity index (χ3v) is 4.87. The maximum absolute atomic E-state index is 10.6. The van der Waals surface area contributed by atoms with Gasteiger partial charge < -0.3 is 10.4 Å². The van der Waals surface area contributed by atoms with E-state index in [1.807, 2.05) is 0 Å². The number of hydrogen-bond donors (Lipinski definition) is 3. The van der Waals surface area contributed by atoms with E-state index in [4.69, 9.17) is 9.66 Å². The molecule has 0 atom stereocenters. The van der Waals surface area contributed by atoms with E-state index in [0.717, 1.165) is 32.2 Å². The monoisotopic (exact) mass is 423 g/mol. The molecular formula is C22H33NO5S. The van der Waals surface area contributed by atoms with Gasteiger partial charge in [-0.25, -0.2) is 0 Å². The molecule has 0 aromatic heterocycles. The van der Waals surface area contributed by atoms with E-state index < -0.39 is 16.1 Å². The summed E-state index contributed by atoms with van der Waals surface area (Å²) in [6, 6.07) is 12.9. The predicted molar refractivity (Wildman–Crippen MR) is 119 cm³/mol. The van der Waals surface area contributed by atoms with Gasteiger partial charge in [0.2, 0.25) is 0 Å². The molecule has 3 N–H and O–H groups in total. The van der Waals surface area contributed by atoms with Crippen molar-refractivity contribution in [3.05, 3.63) is 42.0 Å². The molecule has 0 aliphatic heterocycles. The Balaban J connectivity index is 0.000000749. The Bertz CT molecular complexity index is 899. The lowest BCUT2D eigenvalue weighted by atomic mass is 9.78. The van der Waals surface area contributed by atoms with Gasteiger partial charge in [-0.05, 0) is 47.1 Å². The highest BCUT2D eigenvalue weighted by Gasteiger charge is 2.24. The number of unbranched alkanes of at least 4 members (excludes halogenated alkanes) is 2. The Labute approximate surface area is 174 Å². The molecule has 2 aromatic rings. The first-order valence-corrected chi connectivity index (χ1v) is 11.7. The maximum Gasteiger partial charge on any atom is 0.303 e. The van der Waals surface area contributed by atoms with Crippen molar-refractivity contribution in [3.8, 4) is 0 Å². The number of carboxylic acids is 1. The first-order valence-electron chi connectivity index (χ1n) is 9.86. The molecular weight excluding hydrogens is 390 g/mol. The van der Waals surface area contributed by atoms with Crippen LogP contribution in [0.15, 0.2) is 36.4 Å². The molecule has 29 heavy (non-hydrogen) atoms. The summed E-state index contributed by atoms with van der Waals surface area (Å²) in [5.74, 6) is -0.704. The van der Waals surface area contributed by atoms with Crippen LogP contribution >= 0.6 is 0 Å². The van der Waals surface area contributed by atoms with Crippen LogP contribution in [0.5, 0.6) is 0 Å². The van der Waals surface area contributed by atoms with Gasteiger partial charge in [0.1, 0.15) is 0 Å². The van der Waals surface area contributed by atoms with E-state index >= 15 is 0 Å². The third-order valence-electron chi connectivity index (χ3n) is 4.87. The van der Waals surface area contributed by atoms with Crippen molar-refractivity contribution in [2.45, 2.75) is 58.3 Å². The molecule has 0 aliphatic rings. The fourth-order valence-electron chi connectivity index (χ4n) is 3.13. The number of hydrogen-bond acceptors (Lipinski definition) is 4. The third kappa shape index (κ3) is 9.28. The van der Waals surface area contributed by atoms with E-state index in [-0.39, 0.29) is 11.8 Å². The van der Waals surface area contributed by atoms with Gasteiger partial charge in [-0.2, -0.15) is 8.42 Å². The molecule has 6 nitrogen and oxygen atoms in total. The second kappa shape index (κ2) is 11.2. The summed E-state index contributed by atoms with van der Waals surface area (Å²) in [7, 11) is -3.67. The molecule has 0 spiro atoms. The maximum atomic E-state index is 10.6. The van der Waals surface area contributed by atoms with Crippen molar-refractivity contribution in [1.82, 2.24) is 0 Å². The summed E-state index contributed by atoms with van der Waals surface area (Å²) in [4.78, 5) is 10.6. The lowest BCUT2D eigenvalue weighted by Crippen LogP contribution is -2.19. The Morgan fingerprint density at radius 2 is 1.69 bits per heavy atom. The summed E-state index contributed by atoms with van der Waals surface area (Å²) in [6.07, 6.45) is 4.75. The van der Waals surface area contributed by atoms with Crippen molar-refractivity contribution in [2.75, 3.05) is 18.1 Å². The van der Waals surface area contributed by atoms with Crippen molar-refractivity contribution in [3.63, 3.8) is 0 Å². The molecule has 162 valence electrons. The minimum atomic E-state index is -3.67. The Morgan fingerprint density at radius 3 is 2.28 bits per heavy atom. The average Bonchev–Trinajstić information content (AvgIpc) is 2.62. The molecule has 0 heterocycles. The van der Waals surface area contributed by atoms with Gasteiger partial charge in [0.15, 0.2) is 0 Å². The van der Waals surface area contributed by atoms with Gasteiger partial charge in [-0.1, -0.05) is 57.5 Å². The number of rotatable bonds is 9. The van der Waals surface area contributed by atoms with E-state index in [2.05, 4.69) is 62.5 Å². The zero-order valence-electron chi connectivity index (χ0n) is 17.7. The quantitative estimate of drug-likeness (QED) is 0.383. The van der Waals surface area contributed by atoms with Gasteiger partial charge >= 0.3 is 5.97 Å². The number of aliphatic carboxylic acids is 1. The van der Waals surface area contributed by atoms with Crippen molar-refractivity contribution < 1.29 is 22.9 Å². The van der Waals surface area contributed by atoms with E-state index in [1.54, 1.807) is 0 Å². The van der Waals surface area contributed by atoms with E-state index in [1.165, 1.54) is 22.0 Å². The summed E-state index contributed by atoms with van der Waals surface area (Å²) >= 11 is 0. The molecule has 0 unspecified atom stereocenters. The van der Waals surface area contributed by atoms with Crippen LogP contribution in [0.3, 0.4) is 0 Å². The van der Waals surface area contributed by atoms with Crippen LogP contribution in [0.4, 0.5) is 5.69 Å². The number of benzene rings is 2. The van der Waals surface area contributed by atoms with Crippen molar-refractivity contribution in [2.24, 2.45) is 0 Å². The predicted octanol–water partition coefficient (Wildman–Crippen LogP) is 5.09. The number of carboxylic acid groups (broad SMARTS) is 1. The van der Waals surface area contributed by atoms with Crippen molar-refractivity contribution >= 4 is 32.5 Å². The van der Waals surface area contributed by atoms with Crippen LogP contribution in [0.2, 0.25) is 0 Å². The fraction of sp³-hybridized carbons (Fsp3) is 0.500. The molecule has 0 aliphatic carbocycles. The second-order valence-corrected chi connectivity index (χ2v) is 9.28. The average molecular weight is 424 g/mol. The number of fused-ring (bicyclic) bond motifs is 1. The minimum Gasteiger partial charge on any atom is -0.481 e. The Kier molecular flexibility index (Phi) is 9.59. The number of carbonyl (C=O) groups is 1. The highest BCUT2D eigenvalue weighted by Crippen LogP contribution is 2.38. The minimum absolute atomic E-state index is 0.104. The van der Waals surface area contributed by atoms with Crippen LogP contribution in [-0.2, 0) is 20.3 Å². The van der Waals surface area contributed by atoms with Gasteiger partial charge in [0, 0.05) is 18.7 Å². The Hall–Kier alpha value is -2.12. The Morgan fingerprint density at radius 1 is 1.07 bits per heavy atom. The highest BCUT2D eigenvalue weighted by molar-refractivity contribution is 7.85. The molecule has 0 saturated heterocycles. The molecule has 7 heteroatoms. The molecule has 2 aromatic carbocycles. The number of nitrogens with one attached hydrogen (secondary N) is 1. The van der Waals surface area contributed by atoms with E-state index in [9.17, 15) is 13.2 Å². The molecule has 0 fully saturated rings. The van der Waals surface area contributed by atoms with Gasteiger partial charge in [-0.15, -0.1) is 0 Å². The summed E-state index contributed by atoms with van der Waals surface area (Å²) in [6.45, 7) is 7.71. The summed E-state index contributed by atoms with van der Waals surface area (Å²) < 4.78 is 25.9. The molecule has 0 amide bonds. The van der Waals surface area contributed by atoms with Crippen LogP contribution in [0.1, 0.15) is 58.4 Å². The summed E-state index contributed by atoms with van der Waals surface area (Å²) in [5, 5.41) is 14.9. The number of anilines is 1. The topological polar surface area (TPSA) is 104 Å². The first kappa shape index (κ1) is 24.9. The smallest absolute Gasteiger partial charge is 0.303 e. The van der Waals surface area contributed by atoms with Gasteiger partial charge in [0.05, 0.1) is 6.26 Å². The lowest BCUT2D eigenvalue weighted by molar-refractivity contribution is -0.137. The summed E-state index contributed by atoms with van der Waals surface area (Å²) in [5.41, 5.74) is 2.69. The molecule has 2 rings (SSSR count). The standard InChI is InChI=1S/C21H29NO2.CH4O3S/c1-4-21(2,3)20-17-11-8-7-10-16(17)13-14-18(20)22-15-9-5-6-12-19(23)24;1-5(2,3)4/h7-8,10-11,13-14,22H,4-6,9,12,15H2,1-3H3,(H,23,24);1H3,(H,2,3,4). The zero-order valence-corrected chi connectivity index (χ0v) is 18.6.